The number of carbonyl (C=O) groups excluding carboxylic acids is 3. The van der Waals surface area contributed by atoms with Crippen molar-refractivity contribution in [2.24, 2.45) is 0 Å². The molecule has 1 N–H and O–H groups in total. The lowest BCUT2D eigenvalue weighted by atomic mass is 9.85. The zero-order valence-electron chi connectivity index (χ0n) is 22.4. The van der Waals surface area contributed by atoms with Crippen molar-refractivity contribution in [1.82, 2.24) is 34.8 Å². The Morgan fingerprint density at radius 1 is 1.08 bits per heavy atom. The molecule has 3 aliphatic heterocycles. The van der Waals surface area contributed by atoms with E-state index in [0.29, 0.717) is 62.9 Å². The molecule has 204 valence electrons. The fourth-order valence-corrected chi connectivity index (χ4v) is 6.19. The van der Waals surface area contributed by atoms with E-state index in [1.807, 2.05) is 49.3 Å². The van der Waals surface area contributed by atoms with Crippen LogP contribution in [0.15, 0.2) is 48.8 Å². The first kappa shape index (κ1) is 25.3. The summed E-state index contributed by atoms with van der Waals surface area (Å²) in [4.78, 5) is 54.6. The van der Waals surface area contributed by atoms with E-state index in [1.165, 1.54) is 0 Å². The maximum Gasteiger partial charge on any atom is 0.255 e. The number of nitrogens with zero attached hydrogens (tertiary/aromatic N) is 7. The van der Waals surface area contributed by atoms with Crippen LogP contribution in [0.4, 0.5) is 5.69 Å². The van der Waals surface area contributed by atoms with E-state index in [0.717, 1.165) is 17.5 Å². The number of likely N-dealkylation sites (tertiary alicyclic amines) is 2. The molecule has 3 fully saturated rings. The number of hydrogen-bond acceptors (Lipinski definition) is 7. The molecule has 6 rings (SSSR count). The summed E-state index contributed by atoms with van der Waals surface area (Å²) in [7, 11) is 4.07. The molecular formula is C28H34N8O3. The summed E-state index contributed by atoms with van der Waals surface area (Å²) in [5, 5.41) is 7.57. The van der Waals surface area contributed by atoms with Gasteiger partial charge in [-0.25, -0.2) is 4.98 Å². The number of anilines is 1. The molecule has 3 saturated heterocycles. The number of para-hydroxylation sites is 1. The van der Waals surface area contributed by atoms with E-state index >= 15 is 0 Å². The minimum atomic E-state index is -0.789. The third-order valence-electron chi connectivity index (χ3n) is 8.57. The fourth-order valence-electron chi connectivity index (χ4n) is 6.19. The van der Waals surface area contributed by atoms with Crippen LogP contribution in [0.5, 0.6) is 0 Å². The van der Waals surface area contributed by atoms with Crippen LogP contribution in [-0.4, -0.2) is 118 Å². The van der Waals surface area contributed by atoms with Crippen LogP contribution in [0.3, 0.4) is 0 Å². The Labute approximate surface area is 227 Å². The number of nitrogens with one attached hydrogen (secondary N) is 1. The smallest absolute Gasteiger partial charge is 0.255 e. The zero-order chi connectivity index (χ0) is 27.1. The molecule has 1 unspecified atom stereocenters. The largest absolute Gasteiger partial charge is 0.340 e. The topological polar surface area (TPSA) is 109 Å². The Morgan fingerprint density at radius 2 is 1.85 bits per heavy atom. The first-order chi connectivity index (χ1) is 18.9. The van der Waals surface area contributed by atoms with Gasteiger partial charge < -0.3 is 24.5 Å². The van der Waals surface area contributed by atoms with Gasteiger partial charge in [0.1, 0.15) is 12.1 Å². The van der Waals surface area contributed by atoms with Crippen molar-refractivity contribution in [1.29, 1.82) is 0 Å². The molecule has 1 atom stereocenters. The molecule has 5 heterocycles. The number of benzene rings is 1. The first-order valence-electron chi connectivity index (χ1n) is 13.5. The standard InChI is InChI=1S/C28H34N8O3/c1-32(2)23-8-11-34(17-23)24(37)18-35-19-36(22-6-4-3-5-7-22)28(27(35)39)9-12-33(13-10-28)26(38)21-14-20-16-30-31-25(20)29-15-21/h3-7,14-16,23H,8-13,17-19H2,1-2H3,(H,29,30,31). The van der Waals surface area contributed by atoms with Crippen LogP contribution in [0.25, 0.3) is 11.0 Å². The second kappa shape index (κ2) is 9.96. The molecule has 2 aromatic heterocycles. The predicted octanol–water partition coefficient (Wildman–Crippen LogP) is 1.40. The number of H-pyrrole nitrogens is 1. The van der Waals surface area contributed by atoms with Crippen LogP contribution in [0, 0.1) is 0 Å². The van der Waals surface area contributed by atoms with Crippen molar-refractivity contribution in [2.75, 3.05) is 58.4 Å². The van der Waals surface area contributed by atoms with E-state index in [4.69, 9.17) is 0 Å². The molecule has 3 aliphatic rings. The molecule has 1 aromatic carbocycles. The summed E-state index contributed by atoms with van der Waals surface area (Å²) in [5.74, 6) is -0.141. The number of hydrogen-bond donors (Lipinski definition) is 1. The molecule has 1 spiro atoms. The third-order valence-corrected chi connectivity index (χ3v) is 8.57. The molecule has 0 radical (unpaired) electrons. The molecule has 11 nitrogen and oxygen atoms in total. The van der Waals surface area contributed by atoms with Gasteiger partial charge in [0.05, 0.1) is 18.4 Å². The highest BCUT2D eigenvalue weighted by Crippen LogP contribution is 2.39. The van der Waals surface area contributed by atoms with E-state index in [1.54, 1.807) is 28.3 Å². The Morgan fingerprint density at radius 3 is 2.56 bits per heavy atom. The molecular weight excluding hydrogens is 496 g/mol. The SMILES string of the molecule is CN(C)C1CCN(C(=O)CN2CN(c3ccccc3)C3(CCN(C(=O)c4cnc5[nH]ncc5c4)CC3)C2=O)C1. The van der Waals surface area contributed by atoms with Gasteiger partial charge in [0.2, 0.25) is 5.91 Å². The van der Waals surface area contributed by atoms with Gasteiger partial charge in [-0.05, 0) is 51.6 Å². The Balaban J connectivity index is 1.19. The van der Waals surface area contributed by atoms with Gasteiger partial charge in [-0.3, -0.25) is 19.5 Å². The minimum absolute atomic E-state index is 0.00693. The van der Waals surface area contributed by atoms with Crippen molar-refractivity contribution >= 4 is 34.4 Å². The first-order valence-corrected chi connectivity index (χ1v) is 13.5. The normalized spacial score (nSPS) is 21.1. The van der Waals surface area contributed by atoms with E-state index in [-0.39, 0.29) is 24.3 Å². The second-order valence-corrected chi connectivity index (χ2v) is 11.0. The lowest BCUT2D eigenvalue weighted by Gasteiger charge is -2.43. The van der Waals surface area contributed by atoms with Gasteiger partial charge in [-0.1, -0.05) is 18.2 Å². The van der Waals surface area contributed by atoms with Gasteiger partial charge in [-0.2, -0.15) is 5.10 Å². The molecule has 0 bridgehead atoms. The zero-order valence-corrected chi connectivity index (χ0v) is 22.4. The second-order valence-electron chi connectivity index (χ2n) is 11.0. The van der Waals surface area contributed by atoms with Crippen molar-refractivity contribution in [3.63, 3.8) is 0 Å². The quantitative estimate of drug-likeness (QED) is 0.531. The average molecular weight is 531 g/mol. The number of pyridine rings is 1. The lowest BCUT2D eigenvalue weighted by Crippen LogP contribution is -2.57. The van der Waals surface area contributed by atoms with Gasteiger partial charge in [-0.15, -0.1) is 0 Å². The lowest BCUT2D eigenvalue weighted by molar-refractivity contribution is -0.140. The average Bonchev–Trinajstić information content (AvgIpc) is 3.69. The van der Waals surface area contributed by atoms with Crippen molar-refractivity contribution in [3.8, 4) is 0 Å². The number of aromatic amines is 1. The Hall–Kier alpha value is -3.99. The summed E-state index contributed by atoms with van der Waals surface area (Å²) < 4.78 is 0. The number of amides is 3. The van der Waals surface area contributed by atoms with Gasteiger partial charge >= 0.3 is 0 Å². The minimum Gasteiger partial charge on any atom is -0.340 e. The molecule has 3 amide bonds. The molecule has 0 aliphatic carbocycles. The number of rotatable bonds is 5. The monoisotopic (exact) mass is 530 g/mol. The summed E-state index contributed by atoms with van der Waals surface area (Å²) >= 11 is 0. The maximum absolute atomic E-state index is 14.0. The highest BCUT2D eigenvalue weighted by Gasteiger charge is 2.54. The molecule has 0 saturated carbocycles. The fraction of sp³-hybridized carbons (Fsp3) is 0.464. The molecule has 39 heavy (non-hydrogen) atoms. The number of piperidine rings is 1. The van der Waals surface area contributed by atoms with E-state index in [9.17, 15) is 14.4 Å². The highest BCUT2D eigenvalue weighted by atomic mass is 16.2. The van der Waals surface area contributed by atoms with E-state index < -0.39 is 5.54 Å². The predicted molar refractivity (Wildman–Crippen MR) is 146 cm³/mol. The summed E-state index contributed by atoms with van der Waals surface area (Å²) in [6, 6.07) is 12.0. The van der Waals surface area contributed by atoms with Crippen molar-refractivity contribution in [3.05, 3.63) is 54.4 Å². The van der Waals surface area contributed by atoms with Crippen LogP contribution >= 0.6 is 0 Å². The number of likely N-dealkylation sites (N-methyl/N-ethyl adjacent to an activating group) is 1. The van der Waals surface area contributed by atoms with Crippen LogP contribution in [-0.2, 0) is 9.59 Å². The number of aromatic nitrogens is 3. The summed E-state index contributed by atoms with van der Waals surface area (Å²) in [6.45, 7) is 2.72. The molecule has 11 heteroatoms. The van der Waals surface area contributed by atoms with Gasteiger partial charge in [0.15, 0.2) is 5.65 Å². The van der Waals surface area contributed by atoms with Gasteiger partial charge in [0.25, 0.3) is 11.8 Å². The third kappa shape index (κ3) is 4.50. The van der Waals surface area contributed by atoms with Crippen LogP contribution in [0.2, 0.25) is 0 Å². The highest BCUT2D eigenvalue weighted by molar-refractivity contribution is 5.98. The number of carbonyl (C=O) groups is 3. The van der Waals surface area contributed by atoms with Crippen LogP contribution in [0.1, 0.15) is 29.6 Å². The van der Waals surface area contributed by atoms with Crippen molar-refractivity contribution in [2.45, 2.75) is 30.8 Å². The molecule has 3 aromatic rings. The van der Waals surface area contributed by atoms with Gasteiger partial charge in [0, 0.05) is 49.5 Å². The Kier molecular flexibility index (Phi) is 6.46. The van der Waals surface area contributed by atoms with Crippen molar-refractivity contribution < 1.29 is 14.4 Å². The Bertz CT molecular complexity index is 1380. The number of fused-ring (bicyclic) bond motifs is 1. The summed E-state index contributed by atoms with van der Waals surface area (Å²) in [6.07, 6.45) is 5.14. The van der Waals surface area contributed by atoms with E-state index in [2.05, 4.69) is 25.0 Å². The summed E-state index contributed by atoms with van der Waals surface area (Å²) in [5.41, 5.74) is 1.30. The van der Waals surface area contributed by atoms with Crippen LogP contribution < -0.4 is 4.90 Å². The maximum atomic E-state index is 14.0.